The number of hydrogen-bond donors (Lipinski definition) is 4. The lowest BCUT2D eigenvalue weighted by Gasteiger charge is -2.22. The van der Waals surface area contributed by atoms with Gasteiger partial charge in [-0.25, -0.2) is 4.79 Å². The summed E-state index contributed by atoms with van der Waals surface area (Å²) in [6, 6.07) is 7.11. The van der Waals surface area contributed by atoms with Crippen LogP contribution < -0.4 is 21.3 Å². The van der Waals surface area contributed by atoms with Gasteiger partial charge in [0.1, 0.15) is 0 Å². The standard InChI is InChI=1S/C15H22N4O2S/c1-2-16-15(21)19-12-5-3-4-11(8-12)18-14(20)9-13-10-22-7-6-17-13/h3-5,8,13,17H,2,6-7,9-10H2,1H3,(H,18,20)(H2,16,19,21). The van der Waals surface area contributed by atoms with E-state index in [-0.39, 0.29) is 18.0 Å². The molecule has 1 heterocycles. The van der Waals surface area contributed by atoms with Crippen molar-refractivity contribution in [2.45, 2.75) is 19.4 Å². The summed E-state index contributed by atoms with van der Waals surface area (Å²) in [5.74, 6) is 2.05. The molecule has 3 amide bonds. The first kappa shape index (κ1) is 16.6. The molecule has 7 heteroatoms. The van der Waals surface area contributed by atoms with Gasteiger partial charge in [-0.1, -0.05) is 6.07 Å². The van der Waals surface area contributed by atoms with Crippen LogP contribution in [-0.2, 0) is 4.79 Å². The minimum Gasteiger partial charge on any atom is -0.338 e. The van der Waals surface area contributed by atoms with Gasteiger partial charge in [-0.2, -0.15) is 11.8 Å². The molecule has 1 aliphatic heterocycles. The Kier molecular flexibility index (Phi) is 6.54. The summed E-state index contributed by atoms with van der Waals surface area (Å²) >= 11 is 1.87. The third-order valence-corrected chi connectivity index (χ3v) is 4.30. The van der Waals surface area contributed by atoms with Crippen LogP contribution >= 0.6 is 11.8 Å². The minimum atomic E-state index is -0.255. The van der Waals surface area contributed by atoms with Gasteiger partial charge in [-0.3, -0.25) is 4.79 Å². The van der Waals surface area contributed by atoms with Gasteiger partial charge in [-0.15, -0.1) is 0 Å². The molecule has 1 aliphatic rings. The largest absolute Gasteiger partial charge is 0.338 e. The molecule has 120 valence electrons. The maximum atomic E-state index is 12.1. The predicted octanol–water partition coefficient (Wildman–Crippen LogP) is 1.86. The highest BCUT2D eigenvalue weighted by Gasteiger charge is 2.16. The van der Waals surface area contributed by atoms with Crippen LogP contribution in [0.5, 0.6) is 0 Å². The SMILES string of the molecule is CCNC(=O)Nc1cccc(NC(=O)CC2CSCCN2)c1. The average Bonchev–Trinajstić information content (AvgIpc) is 2.48. The summed E-state index contributed by atoms with van der Waals surface area (Å²) in [4.78, 5) is 23.5. The van der Waals surface area contributed by atoms with Crippen LogP contribution in [0, 0.1) is 0 Å². The zero-order valence-corrected chi connectivity index (χ0v) is 13.5. The van der Waals surface area contributed by atoms with Gasteiger partial charge in [-0.05, 0) is 25.1 Å². The first-order valence-corrected chi connectivity index (χ1v) is 8.58. The number of anilines is 2. The number of amides is 3. The minimum absolute atomic E-state index is 0.0184. The van der Waals surface area contributed by atoms with Gasteiger partial charge < -0.3 is 21.3 Å². The van der Waals surface area contributed by atoms with E-state index in [2.05, 4.69) is 21.3 Å². The van der Waals surface area contributed by atoms with E-state index >= 15 is 0 Å². The fourth-order valence-corrected chi connectivity index (χ4v) is 3.15. The Morgan fingerprint density at radius 1 is 1.32 bits per heavy atom. The molecule has 0 aromatic heterocycles. The van der Waals surface area contributed by atoms with E-state index in [9.17, 15) is 9.59 Å². The summed E-state index contributed by atoms with van der Waals surface area (Å²) in [6.45, 7) is 3.37. The van der Waals surface area contributed by atoms with Gasteiger partial charge in [0, 0.05) is 48.4 Å². The Morgan fingerprint density at radius 2 is 2.09 bits per heavy atom. The molecule has 1 atom stereocenters. The first-order chi connectivity index (χ1) is 10.7. The number of thioether (sulfide) groups is 1. The molecule has 4 N–H and O–H groups in total. The summed E-state index contributed by atoms with van der Waals surface area (Å²) < 4.78 is 0. The number of carbonyl (C=O) groups excluding carboxylic acids is 2. The second kappa shape index (κ2) is 8.65. The van der Waals surface area contributed by atoms with Crippen molar-refractivity contribution in [2.75, 3.05) is 35.2 Å². The van der Waals surface area contributed by atoms with Crippen molar-refractivity contribution in [3.05, 3.63) is 24.3 Å². The van der Waals surface area contributed by atoms with Crippen molar-refractivity contribution < 1.29 is 9.59 Å². The second-order valence-electron chi connectivity index (χ2n) is 5.04. The number of rotatable bonds is 5. The van der Waals surface area contributed by atoms with Gasteiger partial charge >= 0.3 is 6.03 Å². The lowest BCUT2D eigenvalue weighted by molar-refractivity contribution is -0.116. The molecule has 1 aromatic carbocycles. The van der Waals surface area contributed by atoms with Crippen LogP contribution in [0.2, 0.25) is 0 Å². The van der Waals surface area contributed by atoms with Crippen molar-refractivity contribution >= 4 is 35.1 Å². The van der Waals surface area contributed by atoms with E-state index < -0.39 is 0 Å². The molecular formula is C15H22N4O2S. The van der Waals surface area contributed by atoms with E-state index in [0.29, 0.717) is 24.3 Å². The molecule has 1 saturated heterocycles. The number of carbonyl (C=O) groups is 2. The fourth-order valence-electron chi connectivity index (χ4n) is 2.20. The predicted molar refractivity (Wildman–Crippen MR) is 91.5 cm³/mol. The molecule has 0 saturated carbocycles. The third kappa shape index (κ3) is 5.57. The average molecular weight is 322 g/mol. The number of nitrogens with one attached hydrogen (secondary N) is 4. The van der Waals surface area contributed by atoms with Gasteiger partial charge in [0.15, 0.2) is 0 Å². The van der Waals surface area contributed by atoms with E-state index in [1.165, 1.54) is 0 Å². The second-order valence-corrected chi connectivity index (χ2v) is 6.19. The molecule has 1 unspecified atom stereocenters. The lowest BCUT2D eigenvalue weighted by atomic mass is 10.2. The summed E-state index contributed by atoms with van der Waals surface area (Å²) in [6.07, 6.45) is 0.459. The smallest absolute Gasteiger partial charge is 0.319 e. The highest BCUT2D eigenvalue weighted by molar-refractivity contribution is 7.99. The van der Waals surface area contributed by atoms with E-state index in [4.69, 9.17) is 0 Å². The quantitative estimate of drug-likeness (QED) is 0.667. The molecule has 0 spiro atoms. The highest BCUT2D eigenvalue weighted by atomic mass is 32.2. The van der Waals surface area contributed by atoms with Crippen molar-refractivity contribution in [3.63, 3.8) is 0 Å². The molecule has 0 aliphatic carbocycles. The van der Waals surface area contributed by atoms with Crippen LogP contribution in [0.15, 0.2) is 24.3 Å². The zero-order valence-electron chi connectivity index (χ0n) is 12.6. The summed E-state index contributed by atoms with van der Waals surface area (Å²) in [5, 5.41) is 11.6. The van der Waals surface area contributed by atoms with E-state index in [1.54, 1.807) is 18.2 Å². The molecule has 22 heavy (non-hydrogen) atoms. The van der Waals surface area contributed by atoms with E-state index in [0.717, 1.165) is 18.1 Å². The van der Waals surface area contributed by atoms with Crippen molar-refractivity contribution in [3.8, 4) is 0 Å². The Morgan fingerprint density at radius 3 is 2.77 bits per heavy atom. The Labute approximate surface area is 134 Å². The monoisotopic (exact) mass is 322 g/mol. The number of hydrogen-bond acceptors (Lipinski definition) is 4. The number of urea groups is 1. The Bertz CT molecular complexity index is 518. The molecule has 1 aromatic rings. The summed E-state index contributed by atoms with van der Waals surface area (Å²) in [5.41, 5.74) is 1.33. The molecule has 2 rings (SSSR count). The highest BCUT2D eigenvalue weighted by Crippen LogP contribution is 2.16. The van der Waals surface area contributed by atoms with Crippen molar-refractivity contribution in [1.82, 2.24) is 10.6 Å². The number of benzene rings is 1. The lowest BCUT2D eigenvalue weighted by Crippen LogP contribution is -2.39. The molecular weight excluding hydrogens is 300 g/mol. The maximum Gasteiger partial charge on any atom is 0.319 e. The molecule has 0 bridgehead atoms. The van der Waals surface area contributed by atoms with E-state index in [1.807, 2.05) is 24.8 Å². The molecule has 1 fully saturated rings. The Hall–Kier alpha value is -1.73. The normalized spacial score (nSPS) is 17.6. The fraction of sp³-hybridized carbons (Fsp3) is 0.467. The van der Waals surface area contributed by atoms with Gasteiger partial charge in [0.25, 0.3) is 0 Å². The van der Waals surface area contributed by atoms with Crippen molar-refractivity contribution in [2.24, 2.45) is 0 Å². The van der Waals surface area contributed by atoms with Gasteiger partial charge in [0.2, 0.25) is 5.91 Å². The summed E-state index contributed by atoms with van der Waals surface area (Å²) in [7, 11) is 0. The van der Waals surface area contributed by atoms with Crippen molar-refractivity contribution in [1.29, 1.82) is 0 Å². The maximum absolute atomic E-state index is 12.1. The van der Waals surface area contributed by atoms with Crippen LogP contribution in [0.3, 0.4) is 0 Å². The van der Waals surface area contributed by atoms with Crippen LogP contribution in [-0.4, -0.2) is 42.6 Å². The Balaban J connectivity index is 1.86. The van der Waals surface area contributed by atoms with Crippen LogP contribution in [0.25, 0.3) is 0 Å². The molecule has 0 radical (unpaired) electrons. The van der Waals surface area contributed by atoms with Crippen LogP contribution in [0.1, 0.15) is 13.3 Å². The van der Waals surface area contributed by atoms with Crippen LogP contribution in [0.4, 0.5) is 16.2 Å². The zero-order chi connectivity index (χ0) is 15.8. The molecule has 6 nitrogen and oxygen atoms in total. The third-order valence-electron chi connectivity index (χ3n) is 3.17. The van der Waals surface area contributed by atoms with Gasteiger partial charge in [0.05, 0.1) is 0 Å². The topological polar surface area (TPSA) is 82.3 Å². The first-order valence-electron chi connectivity index (χ1n) is 7.43.